The van der Waals surface area contributed by atoms with Gasteiger partial charge in [-0.2, -0.15) is 0 Å². The van der Waals surface area contributed by atoms with Crippen molar-refractivity contribution in [2.24, 2.45) is 0 Å². The number of aromatic amines is 1. The van der Waals surface area contributed by atoms with Crippen LogP contribution in [0.15, 0.2) is 54.6 Å². The molecule has 0 saturated carbocycles. The van der Waals surface area contributed by atoms with Gasteiger partial charge in [0.25, 0.3) is 5.91 Å². The van der Waals surface area contributed by atoms with Gasteiger partial charge in [0.2, 0.25) is 0 Å². The quantitative estimate of drug-likeness (QED) is 0.369. The molecule has 1 N–H and O–H groups in total. The van der Waals surface area contributed by atoms with Crippen LogP contribution >= 0.6 is 0 Å². The number of nitrogens with one attached hydrogen (secondary N) is 1. The number of ether oxygens (including phenoxy) is 1. The van der Waals surface area contributed by atoms with E-state index in [1.807, 2.05) is 71.0 Å². The molecule has 1 aromatic heterocycles. The summed E-state index contributed by atoms with van der Waals surface area (Å²) in [6, 6.07) is 15.7. The molecule has 4 rings (SSSR count). The van der Waals surface area contributed by atoms with Gasteiger partial charge in [0.15, 0.2) is 11.6 Å². The lowest BCUT2D eigenvalue weighted by Gasteiger charge is -2.35. The Balaban J connectivity index is 1.93. The smallest absolute Gasteiger partial charge is 0.255 e. The van der Waals surface area contributed by atoms with Gasteiger partial charge in [-0.05, 0) is 75.6 Å². The number of fused-ring (bicyclic) bond motifs is 1. The van der Waals surface area contributed by atoms with Gasteiger partial charge in [0.1, 0.15) is 11.9 Å². The maximum absolute atomic E-state index is 14.8. The Kier molecular flexibility index (Phi) is 6.42. The largest absolute Gasteiger partial charge is 0.494 e. The molecule has 6 heteroatoms. The Morgan fingerprint density at radius 1 is 1.03 bits per heavy atom. The first-order chi connectivity index (χ1) is 16.2. The van der Waals surface area contributed by atoms with E-state index in [9.17, 15) is 9.18 Å². The standard InChI is InChI=1S/C28H30FN3O2/c1-16(2)32(28(33)25-18(4)13-17(3)14-19(25)5)26(20-11-12-24(34-6)21(29)15-20)27-30-22-9-7-8-10-23(22)31-27/h7-16,26H,1-6H3,(H,30,31). The Labute approximate surface area is 199 Å². The number of hydrogen-bond acceptors (Lipinski definition) is 3. The van der Waals surface area contributed by atoms with E-state index in [1.54, 1.807) is 17.0 Å². The molecule has 5 nitrogen and oxygen atoms in total. The van der Waals surface area contributed by atoms with Crippen LogP contribution in [0.4, 0.5) is 4.39 Å². The molecular formula is C28H30FN3O2. The molecule has 1 unspecified atom stereocenters. The molecule has 0 spiro atoms. The lowest BCUT2D eigenvalue weighted by molar-refractivity contribution is 0.0635. The molecular weight excluding hydrogens is 429 g/mol. The minimum Gasteiger partial charge on any atom is -0.494 e. The highest BCUT2D eigenvalue weighted by atomic mass is 19.1. The van der Waals surface area contributed by atoms with Crippen LogP contribution in [-0.2, 0) is 0 Å². The van der Waals surface area contributed by atoms with Gasteiger partial charge in [-0.3, -0.25) is 4.79 Å². The Morgan fingerprint density at radius 3 is 2.29 bits per heavy atom. The van der Waals surface area contributed by atoms with Crippen molar-refractivity contribution in [3.05, 3.63) is 94.1 Å². The fraction of sp³-hybridized carbons (Fsp3) is 0.286. The minimum atomic E-state index is -0.625. The molecule has 3 aromatic carbocycles. The summed E-state index contributed by atoms with van der Waals surface area (Å²) in [6.07, 6.45) is 0. The van der Waals surface area contributed by atoms with E-state index in [0.29, 0.717) is 17.0 Å². The molecule has 0 saturated heterocycles. The molecule has 1 amide bonds. The molecule has 176 valence electrons. The first kappa shape index (κ1) is 23.5. The summed E-state index contributed by atoms with van der Waals surface area (Å²) in [5, 5.41) is 0. The first-order valence-electron chi connectivity index (χ1n) is 11.4. The zero-order chi connectivity index (χ0) is 24.6. The number of aromatic nitrogens is 2. The summed E-state index contributed by atoms with van der Waals surface area (Å²) in [7, 11) is 1.43. The van der Waals surface area contributed by atoms with E-state index in [2.05, 4.69) is 4.98 Å². The van der Waals surface area contributed by atoms with E-state index in [0.717, 1.165) is 27.7 Å². The zero-order valence-corrected chi connectivity index (χ0v) is 20.4. The summed E-state index contributed by atoms with van der Waals surface area (Å²) in [5.41, 5.74) is 5.85. The van der Waals surface area contributed by atoms with Crippen molar-refractivity contribution >= 4 is 16.9 Å². The van der Waals surface area contributed by atoms with E-state index < -0.39 is 11.9 Å². The normalized spacial score (nSPS) is 12.2. The van der Waals surface area contributed by atoms with Crippen LogP contribution < -0.4 is 4.74 Å². The minimum absolute atomic E-state index is 0.119. The monoisotopic (exact) mass is 459 g/mol. The van der Waals surface area contributed by atoms with Crippen LogP contribution in [0, 0.1) is 26.6 Å². The molecule has 0 aliphatic heterocycles. The topological polar surface area (TPSA) is 58.2 Å². The van der Waals surface area contributed by atoms with Crippen LogP contribution in [0.25, 0.3) is 11.0 Å². The number of amides is 1. The molecule has 0 radical (unpaired) electrons. The van der Waals surface area contributed by atoms with Crippen LogP contribution in [0.5, 0.6) is 5.75 Å². The van der Waals surface area contributed by atoms with Gasteiger partial charge in [-0.25, -0.2) is 9.37 Å². The number of aryl methyl sites for hydroxylation is 3. The average Bonchev–Trinajstić information content (AvgIpc) is 3.19. The number of para-hydroxylation sites is 2. The number of carbonyl (C=O) groups is 1. The van der Waals surface area contributed by atoms with Gasteiger partial charge in [-0.1, -0.05) is 35.9 Å². The molecule has 0 fully saturated rings. The molecule has 0 bridgehead atoms. The van der Waals surface area contributed by atoms with Crippen molar-refractivity contribution < 1.29 is 13.9 Å². The Hall–Kier alpha value is -3.67. The predicted octanol–water partition coefficient (Wildman–Crippen LogP) is 6.28. The van der Waals surface area contributed by atoms with Crippen LogP contribution in [0.2, 0.25) is 0 Å². The summed E-state index contributed by atoms with van der Waals surface area (Å²) >= 11 is 0. The summed E-state index contributed by atoms with van der Waals surface area (Å²) in [5.74, 6) is 0.127. The number of H-pyrrole nitrogens is 1. The van der Waals surface area contributed by atoms with Gasteiger partial charge in [0, 0.05) is 11.6 Å². The second-order valence-electron chi connectivity index (χ2n) is 9.02. The average molecular weight is 460 g/mol. The third-order valence-electron chi connectivity index (χ3n) is 6.12. The Bertz CT molecular complexity index is 1300. The third-order valence-corrected chi connectivity index (χ3v) is 6.12. The van der Waals surface area contributed by atoms with E-state index in [1.165, 1.54) is 13.2 Å². The molecule has 1 atom stereocenters. The fourth-order valence-electron chi connectivity index (χ4n) is 4.70. The van der Waals surface area contributed by atoms with E-state index in [4.69, 9.17) is 9.72 Å². The number of halogens is 1. The lowest BCUT2D eigenvalue weighted by atomic mass is 9.95. The number of benzene rings is 3. The van der Waals surface area contributed by atoms with Crippen molar-refractivity contribution in [2.75, 3.05) is 7.11 Å². The van der Waals surface area contributed by atoms with Crippen molar-refractivity contribution in [2.45, 2.75) is 46.7 Å². The molecule has 1 heterocycles. The van der Waals surface area contributed by atoms with Crippen molar-refractivity contribution in [1.29, 1.82) is 0 Å². The molecule has 0 aliphatic rings. The van der Waals surface area contributed by atoms with Crippen molar-refractivity contribution in [1.82, 2.24) is 14.9 Å². The zero-order valence-electron chi connectivity index (χ0n) is 20.4. The van der Waals surface area contributed by atoms with Gasteiger partial charge < -0.3 is 14.6 Å². The van der Waals surface area contributed by atoms with Crippen LogP contribution in [0.1, 0.15) is 58.3 Å². The fourth-order valence-corrected chi connectivity index (χ4v) is 4.70. The highest BCUT2D eigenvalue weighted by Crippen LogP contribution is 2.34. The second-order valence-corrected chi connectivity index (χ2v) is 9.02. The molecule has 0 aliphatic carbocycles. The number of hydrogen-bond donors (Lipinski definition) is 1. The maximum Gasteiger partial charge on any atom is 0.255 e. The lowest BCUT2D eigenvalue weighted by Crippen LogP contribution is -2.41. The third kappa shape index (κ3) is 4.28. The second kappa shape index (κ2) is 9.29. The first-order valence-corrected chi connectivity index (χ1v) is 11.4. The number of rotatable bonds is 6. The maximum atomic E-state index is 14.8. The van der Waals surface area contributed by atoms with Crippen molar-refractivity contribution in [3.8, 4) is 5.75 Å². The highest BCUT2D eigenvalue weighted by Gasteiger charge is 2.34. The van der Waals surface area contributed by atoms with Crippen LogP contribution in [-0.4, -0.2) is 33.9 Å². The number of methoxy groups -OCH3 is 1. The number of nitrogens with zero attached hydrogens (tertiary/aromatic N) is 2. The predicted molar refractivity (Wildman–Crippen MR) is 133 cm³/mol. The van der Waals surface area contributed by atoms with Gasteiger partial charge >= 0.3 is 0 Å². The SMILES string of the molecule is COc1ccc(C(c2nc3ccccc3[nH]2)N(C(=O)c2c(C)cc(C)cc2C)C(C)C)cc1F. The summed E-state index contributed by atoms with van der Waals surface area (Å²) in [6.45, 7) is 9.86. The molecule has 4 aromatic rings. The van der Waals surface area contributed by atoms with Crippen molar-refractivity contribution in [3.63, 3.8) is 0 Å². The van der Waals surface area contributed by atoms with E-state index in [-0.39, 0.29) is 17.7 Å². The van der Waals surface area contributed by atoms with Gasteiger partial charge in [-0.15, -0.1) is 0 Å². The highest BCUT2D eigenvalue weighted by molar-refractivity contribution is 5.98. The number of carbonyl (C=O) groups excluding carboxylic acids is 1. The number of imidazole rings is 1. The van der Waals surface area contributed by atoms with Crippen LogP contribution in [0.3, 0.4) is 0 Å². The summed E-state index contributed by atoms with van der Waals surface area (Å²) in [4.78, 5) is 24.1. The summed E-state index contributed by atoms with van der Waals surface area (Å²) < 4.78 is 20.0. The Morgan fingerprint density at radius 2 is 1.71 bits per heavy atom. The molecule has 34 heavy (non-hydrogen) atoms. The van der Waals surface area contributed by atoms with Gasteiger partial charge in [0.05, 0.1) is 18.1 Å². The van der Waals surface area contributed by atoms with E-state index >= 15 is 0 Å².